The van der Waals surface area contributed by atoms with Crippen molar-refractivity contribution in [1.82, 2.24) is 10.2 Å². The van der Waals surface area contributed by atoms with Crippen molar-refractivity contribution in [2.75, 3.05) is 26.7 Å². The van der Waals surface area contributed by atoms with Crippen LogP contribution in [0.15, 0.2) is 0 Å². The van der Waals surface area contributed by atoms with Crippen molar-refractivity contribution in [2.45, 2.75) is 71.4 Å². The van der Waals surface area contributed by atoms with Gasteiger partial charge in [-0.05, 0) is 59.7 Å². The summed E-state index contributed by atoms with van der Waals surface area (Å²) in [6.07, 6.45) is 5.80. The summed E-state index contributed by atoms with van der Waals surface area (Å²) in [5.41, 5.74) is -0.106. The maximum absolute atomic E-state index is 9.49. The van der Waals surface area contributed by atoms with Crippen molar-refractivity contribution < 1.29 is 5.11 Å². The van der Waals surface area contributed by atoms with Crippen LogP contribution in [0.2, 0.25) is 0 Å². The number of nitrogens with zero attached hydrogens (tertiary/aromatic N) is 1. The van der Waals surface area contributed by atoms with Crippen molar-refractivity contribution in [2.24, 2.45) is 0 Å². The van der Waals surface area contributed by atoms with Crippen LogP contribution in [0, 0.1) is 0 Å². The first-order valence-corrected chi connectivity index (χ1v) is 7.55. The average molecular weight is 258 g/mol. The Labute approximate surface area is 114 Å². The Bertz CT molecular complexity index is 199. The normalized spacial score (nSPS) is 16.8. The van der Waals surface area contributed by atoms with Crippen molar-refractivity contribution in [3.05, 3.63) is 0 Å². The lowest BCUT2D eigenvalue weighted by Gasteiger charge is -2.31. The highest BCUT2D eigenvalue weighted by Crippen LogP contribution is 2.13. The summed E-state index contributed by atoms with van der Waals surface area (Å²) in [4.78, 5) is 2.43. The topological polar surface area (TPSA) is 35.5 Å². The average Bonchev–Trinajstić information content (AvgIpc) is 2.36. The standard InChI is InChI=1S/C15H34N2O/c1-6-9-14(3)17(5)12-8-10-15(4,13-18)16-11-7-2/h14,16,18H,6-13H2,1-5H3. The smallest absolute Gasteiger partial charge is 0.0610 e. The Morgan fingerprint density at radius 1 is 1.28 bits per heavy atom. The second-order valence-corrected chi connectivity index (χ2v) is 5.87. The fourth-order valence-corrected chi connectivity index (χ4v) is 2.23. The molecule has 0 amide bonds. The van der Waals surface area contributed by atoms with E-state index in [1.807, 2.05) is 0 Å². The van der Waals surface area contributed by atoms with Crippen LogP contribution >= 0.6 is 0 Å². The van der Waals surface area contributed by atoms with Crippen molar-refractivity contribution in [1.29, 1.82) is 0 Å². The molecule has 0 aliphatic carbocycles. The molecular formula is C15H34N2O. The van der Waals surface area contributed by atoms with E-state index in [9.17, 15) is 5.11 Å². The van der Waals surface area contributed by atoms with E-state index in [0.717, 1.165) is 32.4 Å². The summed E-state index contributed by atoms with van der Waals surface area (Å²) < 4.78 is 0. The van der Waals surface area contributed by atoms with E-state index < -0.39 is 0 Å². The second kappa shape index (κ2) is 9.76. The predicted octanol–water partition coefficient (Wildman–Crippen LogP) is 2.64. The van der Waals surface area contributed by atoms with Gasteiger partial charge in [0.15, 0.2) is 0 Å². The number of nitrogens with one attached hydrogen (secondary N) is 1. The van der Waals surface area contributed by atoms with E-state index in [0.29, 0.717) is 6.04 Å². The van der Waals surface area contributed by atoms with Gasteiger partial charge in [-0.15, -0.1) is 0 Å². The highest BCUT2D eigenvalue weighted by molar-refractivity contribution is 4.82. The molecule has 0 aliphatic rings. The summed E-state index contributed by atoms with van der Waals surface area (Å²) in [6.45, 7) is 11.1. The SMILES string of the molecule is CCCNC(C)(CO)CCCN(C)C(C)CCC. The van der Waals surface area contributed by atoms with E-state index in [2.05, 4.69) is 45.0 Å². The predicted molar refractivity (Wildman–Crippen MR) is 80.0 cm³/mol. The van der Waals surface area contributed by atoms with Gasteiger partial charge in [0.2, 0.25) is 0 Å². The first-order valence-electron chi connectivity index (χ1n) is 7.55. The highest BCUT2D eigenvalue weighted by Gasteiger charge is 2.21. The van der Waals surface area contributed by atoms with Gasteiger partial charge >= 0.3 is 0 Å². The van der Waals surface area contributed by atoms with E-state index in [4.69, 9.17) is 0 Å². The fourth-order valence-electron chi connectivity index (χ4n) is 2.23. The molecule has 0 saturated heterocycles. The summed E-state index contributed by atoms with van der Waals surface area (Å²) in [7, 11) is 2.20. The number of aliphatic hydroxyl groups is 1. The summed E-state index contributed by atoms with van der Waals surface area (Å²) in [5, 5.41) is 12.9. The lowest BCUT2D eigenvalue weighted by Crippen LogP contribution is -2.46. The Morgan fingerprint density at radius 2 is 1.94 bits per heavy atom. The molecular weight excluding hydrogens is 224 g/mol. The molecule has 2 unspecified atom stereocenters. The van der Waals surface area contributed by atoms with Crippen molar-refractivity contribution >= 4 is 0 Å². The van der Waals surface area contributed by atoms with Gasteiger partial charge < -0.3 is 15.3 Å². The molecule has 110 valence electrons. The zero-order valence-electron chi connectivity index (χ0n) is 13.1. The number of rotatable bonds is 11. The molecule has 0 bridgehead atoms. The molecule has 3 heteroatoms. The molecule has 0 aromatic carbocycles. The van der Waals surface area contributed by atoms with Gasteiger partial charge in [0, 0.05) is 11.6 Å². The van der Waals surface area contributed by atoms with Gasteiger partial charge in [0.25, 0.3) is 0 Å². The monoisotopic (exact) mass is 258 g/mol. The fraction of sp³-hybridized carbons (Fsp3) is 1.00. The van der Waals surface area contributed by atoms with Gasteiger partial charge in [-0.25, -0.2) is 0 Å². The highest BCUT2D eigenvalue weighted by atomic mass is 16.3. The minimum atomic E-state index is -0.106. The molecule has 0 aliphatic heterocycles. The van der Waals surface area contributed by atoms with Crippen LogP contribution in [-0.4, -0.2) is 48.3 Å². The molecule has 0 spiro atoms. The second-order valence-electron chi connectivity index (χ2n) is 5.87. The van der Waals surface area contributed by atoms with Crippen LogP contribution in [0.1, 0.15) is 59.8 Å². The van der Waals surface area contributed by atoms with E-state index >= 15 is 0 Å². The van der Waals surface area contributed by atoms with Gasteiger partial charge in [-0.1, -0.05) is 20.3 Å². The minimum absolute atomic E-state index is 0.106. The van der Waals surface area contributed by atoms with Crippen LogP contribution in [0.3, 0.4) is 0 Å². The zero-order chi connectivity index (χ0) is 14.0. The molecule has 2 N–H and O–H groups in total. The summed E-state index contributed by atoms with van der Waals surface area (Å²) in [6, 6.07) is 0.666. The van der Waals surface area contributed by atoms with E-state index in [1.165, 1.54) is 12.8 Å². The van der Waals surface area contributed by atoms with Crippen LogP contribution in [0.5, 0.6) is 0 Å². The molecule has 0 heterocycles. The van der Waals surface area contributed by atoms with Crippen molar-refractivity contribution in [3.63, 3.8) is 0 Å². The van der Waals surface area contributed by atoms with Crippen LogP contribution in [-0.2, 0) is 0 Å². The Hall–Kier alpha value is -0.120. The maximum Gasteiger partial charge on any atom is 0.0610 e. The number of aliphatic hydroxyl groups excluding tert-OH is 1. The number of hydrogen-bond acceptors (Lipinski definition) is 3. The molecule has 0 radical (unpaired) electrons. The van der Waals surface area contributed by atoms with Crippen LogP contribution in [0.4, 0.5) is 0 Å². The lowest BCUT2D eigenvalue weighted by atomic mass is 9.96. The Morgan fingerprint density at radius 3 is 2.44 bits per heavy atom. The van der Waals surface area contributed by atoms with Gasteiger partial charge in [-0.3, -0.25) is 0 Å². The van der Waals surface area contributed by atoms with E-state index in [1.54, 1.807) is 0 Å². The molecule has 0 rings (SSSR count). The molecule has 3 nitrogen and oxygen atoms in total. The van der Waals surface area contributed by atoms with Gasteiger partial charge in [0.1, 0.15) is 0 Å². The molecule has 0 aromatic heterocycles. The lowest BCUT2D eigenvalue weighted by molar-refractivity contribution is 0.154. The molecule has 0 aromatic rings. The van der Waals surface area contributed by atoms with Gasteiger partial charge in [-0.2, -0.15) is 0 Å². The quantitative estimate of drug-likeness (QED) is 0.598. The van der Waals surface area contributed by atoms with Crippen LogP contribution in [0.25, 0.3) is 0 Å². The van der Waals surface area contributed by atoms with Crippen LogP contribution < -0.4 is 5.32 Å². The van der Waals surface area contributed by atoms with Gasteiger partial charge in [0.05, 0.1) is 6.61 Å². The van der Waals surface area contributed by atoms with E-state index in [-0.39, 0.29) is 12.1 Å². The molecule has 0 saturated carbocycles. The molecule has 0 fully saturated rings. The zero-order valence-corrected chi connectivity index (χ0v) is 13.1. The third-order valence-corrected chi connectivity index (χ3v) is 3.85. The first kappa shape index (κ1) is 17.9. The Kier molecular flexibility index (Phi) is 9.70. The maximum atomic E-state index is 9.49. The molecule has 2 atom stereocenters. The summed E-state index contributed by atoms with van der Waals surface area (Å²) >= 11 is 0. The van der Waals surface area contributed by atoms with Crippen molar-refractivity contribution in [3.8, 4) is 0 Å². The third kappa shape index (κ3) is 7.34. The Balaban J connectivity index is 3.91. The number of hydrogen-bond donors (Lipinski definition) is 2. The minimum Gasteiger partial charge on any atom is -0.394 e. The largest absolute Gasteiger partial charge is 0.394 e. The molecule has 18 heavy (non-hydrogen) atoms. The first-order chi connectivity index (χ1) is 8.49. The third-order valence-electron chi connectivity index (χ3n) is 3.85. The summed E-state index contributed by atoms with van der Waals surface area (Å²) in [5.74, 6) is 0.